The van der Waals surface area contributed by atoms with Gasteiger partial charge in [0.2, 0.25) is 4.33 Å². The Morgan fingerprint density at radius 2 is 1.88 bits per heavy atom. The molecule has 5 heteroatoms. The predicted octanol–water partition coefficient (Wildman–Crippen LogP) is 2.32. The molecule has 0 fully saturated rings. The number of aliphatic hydroxyl groups is 1. The maximum atomic E-state index is 10.6. The molecule has 1 aromatic carbocycles. The average molecular weight is 261 g/mol. The zero-order valence-electron chi connectivity index (χ0n) is 8.18. The van der Waals surface area contributed by atoms with Gasteiger partial charge >= 0.3 is 5.97 Å². The van der Waals surface area contributed by atoms with Gasteiger partial charge in [-0.15, -0.1) is 0 Å². The first-order chi connectivity index (χ1) is 7.44. The number of benzene rings is 1. The molecule has 0 amide bonds. The Labute approximate surface area is 103 Å². The van der Waals surface area contributed by atoms with E-state index in [1.54, 1.807) is 18.2 Å². The van der Waals surface area contributed by atoms with E-state index in [1.165, 1.54) is 6.08 Å². The molecule has 2 N–H and O–H groups in total. The van der Waals surface area contributed by atoms with Gasteiger partial charge in [-0.3, -0.25) is 0 Å². The van der Waals surface area contributed by atoms with E-state index in [1.807, 2.05) is 18.2 Å². The van der Waals surface area contributed by atoms with E-state index in [9.17, 15) is 9.90 Å². The van der Waals surface area contributed by atoms with Crippen molar-refractivity contribution in [2.24, 2.45) is 0 Å². The molecule has 86 valence electrons. The lowest BCUT2D eigenvalue weighted by atomic mass is 10.1. The van der Waals surface area contributed by atoms with Crippen LogP contribution in [0.1, 0.15) is 5.56 Å². The Kier molecular flexibility index (Phi) is 4.35. The van der Waals surface area contributed by atoms with Crippen molar-refractivity contribution in [3.05, 3.63) is 42.0 Å². The van der Waals surface area contributed by atoms with Gasteiger partial charge < -0.3 is 10.2 Å². The second-order valence-electron chi connectivity index (χ2n) is 3.14. The van der Waals surface area contributed by atoms with Crippen LogP contribution in [0.3, 0.4) is 0 Å². The summed E-state index contributed by atoms with van der Waals surface area (Å²) in [4.78, 5) is 10.6. The van der Waals surface area contributed by atoms with Crippen LogP contribution in [0.5, 0.6) is 0 Å². The summed E-state index contributed by atoms with van der Waals surface area (Å²) in [6.45, 7) is 0. The molecule has 3 nitrogen and oxygen atoms in total. The van der Waals surface area contributed by atoms with Crippen LogP contribution in [0.15, 0.2) is 36.4 Å². The quantitative estimate of drug-likeness (QED) is 0.818. The summed E-state index contributed by atoms with van der Waals surface area (Å²) in [5, 5.41) is 18.1. The minimum atomic E-state index is -2.23. The summed E-state index contributed by atoms with van der Waals surface area (Å²) < 4.78 is -2.23. The van der Waals surface area contributed by atoms with Crippen molar-refractivity contribution in [1.82, 2.24) is 0 Å². The van der Waals surface area contributed by atoms with E-state index in [4.69, 9.17) is 28.3 Å². The van der Waals surface area contributed by atoms with E-state index >= 15 is 0 Å². The second kappa shape index (κ2) is 5.34. The van der Waals surface area contributed by atoms with Gasteiger partial charge in [-0.1, -0.05) is 65.7 Å². The third-order valence-corrected chi connectivity index (χ3v) is 2.70. The molecule has 0 heterocycles. The van der Waals surface area contributed by atoms with Crippen LogP contribution >= 0.6 is 23.2 Å². The van der Waals surface area contributed by atoms with Crippen LogP contribution in [0.25, 0.3) is 6.08 Å². The minimum Gasteiger partial charge on any atom is -0.479 e. The molecule has 1 rings (SSSR count). The summed E-state index contributed by atoms with van der Waals surface area (Å²) >= 11 is 10.9. The van der Waals surface area contributed by atoms with Crippen LogP contribution in [0.4, 0.5) is 0 Å². The van der Waals surface area contributed by atoms with Gasteiger partial charge in [0.25, 0.3) is 0 Å². The van der Waals surface area contributed by atoms with Gasteiger partial charge in [0.05, 0.1) is 0 Å². The normalized spacial score (nSPS) is 13.9. The number of alkyl halides is 2. The Bertz CT molecular complexity index is 387. The standard InChI is InChI=1S/C11H10Cl2O3/c12-11(13,10(15)16)9(14)7-6-8-4-2-1-3-5-8/h1-7,9,14H,(H,15,16)/b7-6+. The third-order valence-electron chi connectivity index (χ3n) is 1.93. The number of hydrogen-bond acceptors (Lipinski definition) is 2. The predicted molar refractivity (Wildman–Crippen MR) is 63.6 cm³/mol. The van der Waals surface area contributed by atoms with Gasteiger partial charge in [-0.2, -0.15) is 0 Å². The lowest BCUT2D eigenvalue weighted by Gasteiger charge is -2.17. The van der Waals surface area contributed by atoms with E-state index in [-0.39, 0.29) is 0 Å². The first-order valence-electron chi connectivity index (χ1n) is 4.47. The molecule has 0 bridgehead atoms. The second-order valence-corrected chi connectivity index (χ2v) is 4.53. The molecule has 0 saturated heterocycles. The summed E-state index contributed by atoms with van der Waals surface area (Å²) in [6, 6.07) is 9.08. The van der Waals surface area contributed by atoms with Gasteiger partial charge in [0.15, 0.2) is 0 Å². The molecule has 0 saturated carbocycles. The van der Waals surface area contributed by atoms with Crippen molar-refractivity contribution in [3.8, 4) is 0 Å². The van der Waals surface area contributed by atoms with Crippen LogP contribution in [0, 0.1) is 0 Å². The number of rotatable bonds is 4. The smallest absolute Gasteiger partial charge is 0.343 e. The van der Waals surface area contributed by atoms with Crippen molar-refractivity contribution < 1.29 is 15.0 Å². The highest BCUT2D eigenvalue weighted by Crippen LogP contribution is 2.27. The number of halogens is 2. The zero-order chi connectivity index (χ0) is 12.2. The van der Waals surface area contributed by atoms with E-state index < -0.39 is 16.4 Å². The van der Waals surface area contributed by atoms with Gasteiger partial charge in [-0.25, -0.2) is 4.79 Å². The van der Waals surface area contributed by atoms with E-state index in [0.29, 0.717) is 0 Å². The molecule has 1 atom stereocenters. The largest absolute Gasteiger partial charge is 0.479 e. The van der Waals surface area contributed by atoms with Crippen LogP contribution in [0.2, 0.25) is 0 Å². The molecule has 1 unspecified atom stereocenters. The van der Waals surface area contributed by atoms with E-state index in [0.717, 1.165) is 5.56 Å². The lowest BCUT2D eigenvalue weighted by Crippen LogP contribution is -2.37. The van der Waals surface area contributed by atoms with Gasteiger partial charge in [0, 0.05) is 0 Å². The first-order valence-corrected chi connectivity index (χ1v) is 5.22. The summed E-state index contributed by atoms with van der Waals surface area (Å²) in [7, 11) is 0. The van der Waals surface area contributed by atoms with Crippen molar-refractivity contribution in [3.63, 3.8) is 0 Å². The number of carboxylic acid groups (broad SMARTS) is 1. The molecule has 0 aliphatic heterocycles. The van der Waals surface area contributed by atoms with Gasteiger partial charge in [0.1, 0.15) is 6.10 Å². The number of carboxylic acids is 1. The maximum Gasteiger partial charge on any atom is 0.343 e. The van der Waals surface area contributed by atoms with Crippen LogP contribution < -0.4 is 0 Å². The molecular weight excluding hydrogens is 251 g/mol. The highest BCUT2D eigenvalue weighted by atomic mass is 35.5. The summed E-state index contributed by atoms with van der Waals surface area (Å²) in [5.41, 5.74) is 0.816. The maximum absolute atomic E-state index is 10.6. The number of aliphatic carboxylic acids is 1. The fraction of sp³-hybridized carbons (Fsp3) is 0.182. The molecule has 0 aliphatic carbocycles. The third kappa shape index (κ3) is 3.23. The topological polar surface area (TPSA) is 57.5 Å². The number of aliphatic hydroxyl groups excluding tert-OH is 1. The first kappa shape index (κ1) is 13.0. The SMILES string of the molecule is O=C(O)C(Cl)(Cl)C(O)/C=C/c1ccccc1. The minimum absolute atomic E-state index is 0.816. The molecule has 0 aliphatic rings. The summed E-state index contributed by atoms with van der Waals surface area (Å²) in [5.74, 6) is -1.49. The van der Waals surface area contributed by atoms with Crippen molar-refractivity contribution >= 4 is 35.2 Å². The Balaban J connectivity index is 2.75. The van der Waals surface area contributed by atoms with E-state index in [2.05, 4.69) is 0 Å². The van der Waals surface area contributed by atoms with Crippen LogP contribution in [-0.4, -0.2) is 26.6 Å². The molecule has 0 spiro atoms. The molecule has 0 radical (unpaired) electrons. The molecular formula is C11H10Cl2O3. The summed E-state index contributed by atoms with van der Waals surface area (Å²) in [6.07, 6.45) is 1.31. The van der Waals surface area contributed by atoms with Crippen LogP contribution in [-0.2, 0) is 4.79 Å². The lowest BCUT2D eigenvalue weighted by molar-refractivity contribution is -0.139. The number of carbonyl (C=O) groups is 1. The molecule has 16 heavy (non-hydrogen) atoms. The highest BCUT2D eigenvalue weighted by Gasteiger charge is 2.40. The Hall–Kier alpha value is -1.03. The van der Waals surface area contributed by atoms with Crippen molar-refractivity contribution in [1.29, 1.82) is 0 Å². The van der Waals surface area contributed by atoms with Gasteiger partial charge in [-0.05, 0) is 5.56 Å². The molecule has 0 aromatic heterocycles. The fourth-order valence-corrected chi connectivity index (χ4v) is 1.16. The van der Waals surface area contributed by atoms with Crippen molar-refractivity contribution in [2.75, 3.05) is 0 Å². The fourth-order valence-electron chi connectivity index (χ4n) is 1.01. The monoisotopic (exact) mass is 260 g/mol. The Morgan fingerprint density at radius 3 is 2.38 bits per heavy atom. The Morgan fingerprint density at radius 1 is 1.31 bits per heavy atom. The average Bonchev–Trinajstić information content (AvgIpc) is 2.27. The highest BCUT2D eigenvalue weighted by molar-refractivity contribution is 6.58. The zero-order valence-corrected chi connectivity index (χ0v) is 9.69. The molecule has 1 aromatic rings. The number of hydrogen-bond donors (Lipinski definition) is 2. The van der Waals surface area contributed by atoms with Crippen molar-refractivity contribution in [2.45, 2.75) is 10.4 Å².